The van der Waals surface area contributed by atoms with Crippen molar-refractivity contribution in [3.8, 4) is 0 Å². The summed E-state index contributed by atoms with van der Waals surface area (Å²) in [6, 6.07) is 2.99. The van der Waals surface area contributed by atoms with E-state index in [4.69, 9.17) is 5.73 Å². The SMILES string of the molecule is Nc1cc(C(F)(F)F)ccc1S(=O)CC1CC1. The summed E-state index contributed by atoms with van der Waals surface area (Å²) >= 11 is 0. The summed E-state index contributed by atoms with van der Waals surface area (Å²) in [7, 11) is -1.29. The molecular formula is C11H12F3NOS. The number of rotatable bonds is 3. The molecule has 1 aliphatic rings. The van der Waals surface area contributed by atoms with Crippen molar-refractivity contribution in [1.29, 1.82) is 0 Å². The number of benzene rings is 1. The van der Waals surface area contributed by atoms with E-state index in [0.717, 1.165) is 25.0 Å². The van der Waals surface area contributed by atoms with Gasteiger partial charge in [0.25, 0.3) is 0 Å². The Morgan fingerprint density at radius 2 is 2.00 bits per heavy atom. The smallest absolute Gasteiger partial charge is 0.398 e. The van der Waals surface area contributed by atoms with Gasteiger partial charge in [-0.3, -0.25) is 4.21 Å². The molecule has 0 heterocycles. The van der Waals surface area contributed by atoms with Gasteiger partial charge in [-0.15, -0.1) is 0 Å². The summed E-state index contributed by atoms with van der Waals surface area (Å²) in [5.41, 5.74) is 4.68. The van der Waals surface area contributed by atoms with Crippen molar-refractivity contribution in [1.82, 2.24) is 0 Å². The highest BCUT2D eigenvalue weighted by molar-refractivity contribution is 7.85. The summed E-state index contributed by atoms with van der Waals surface area (Å²) in [5.74, 6) is 0.938. The van der Waals surface area contributed by atoms with Gasteiger partial charge in [0.15, 0.2) is 0 Å². The van der Waals surface area contributed by atoms with Crippen molar-refractivity contribution in [2.24, 2.45) is 5.92 Å². The first-order valence-corrected chi connectivity index (χ1v) is 6.55. The van der Waals surface area contributed by atoms with Crippen LogP contribution in [0.15, 0.2) is 23.1 Å². The van der Waals surface area contributed by atoms with Crippen molar-refractivity contribution < 1.29 is 17.4 Å². The van der Waals surface area contributed by atoms with Gasteiger partial charge in [-0.05, 0) is 37.0 Å². The van der Waals surface area contributed by atoms with Crippen LogP contribution in [0.25, 0.3) is 0 Å². The van der Waals surface area contributed by atoms with E-state index < -0.39 is 22.5 Å². The molecule has 1 atom stereocenters. The first-order valence-electron chi connectivity index (χ1n) is 5.23. The zero-order chi connectivity index (χ0) is 12.6. The van der Waals surface area contributed by atoms with Gasteiger partial charge in [0.2, 0.25) is 0 Å². The van der Waals surface area contributed by atoms with Crippen molar-refractivity contribution in [3.63, 3.8) is 0 Å². The molecule has 0 bridgehead atoms. The molecule has 6 heteroatoms. The third-order valence-corrected chi connectivity index (χ3v) is 4.30. The van der Waals surface area contributed by atoms with Gasteiger partial charge in [-0.1, -0.05) is 0 Å². The number of hydrogen-bond acceptors (Lipinski definition) is 2. The Morgan fingerprint density at radius 1 is 1.35 bits per heavy atom. The third-order valence-electron chi connectivity index (χ3n) is 2.67. The van der Waals surface area contributed by atoms with Crippen LogP contribution in [0.3, 0.4) is 0 Å². The summed E-state index contributed by atoms with van der Waals surface area (Å²) < 4.78 is 49.0. The highest BCUT2D eigenvalue weighted by Gasteiger charge is 2.31. The standard InChI is InChI=1S/C11H12F3NOS/c12-11(13,14)8-3-4-10(9(15)5-8)17(16)6-7-1-2-7/h3-5,7H,1-2,6,15H2. The van der Waals surface area contributed by atoms with E-state index in [0.29, 0.717) is 16.6 Å². The molecule has 1 aromatic rings. The fourth-order valence-electron chi connectivity index (χ4n) is 1.52. The van der Waals surface area contributed by atoms with Gasteiger partial charge < -0.3 is 5.73 Å². The maximum atomic E-state index is 12.4. The van der Waals surface area contributed by atoms with Gasteiger partial charge in [0, 0.05) is 11.4 Å². The first-order chi connectivity index (χ1) is 7.88. The lowest BCUT2D eigenvalue weighted by Gasteiger charge is -2.10. The lowest BCUT2D eigenvalue weighted by molar-refractivity contribution is -0.137. The molecule has 1 fully saturated rings. The maximum Gasteiger partial charge on any atom is 0.416 e. The summed E-state index contributed by atoms with van der Waals surface area (Å²) in [4.78, 5) is 0.310. The minimum absolute atomic E-state index is 0.0428. The Kier molecular flexibility index (Phi) is 3.16. The van der Waals surface area contributed by atoms with E-state index in [2.05, 4.69) is 0 Å². The molecule has 94 valence electrons. The molecule has 1 aliphatic carbocycles. The second kappa shape index (κ2) is 4.33. The molecule has 0 spiro atoms. The Bertz CT molecular complexity index is 455. The molecule has 17 heavy (non-hydrogen) atoms. The van der Waals surface area contributed by atoms with E-state index >= 15 is 0 Å². The Morgan fingerprint density at radius 3 is 2.47 bits per heavy atom. The molecule has 0 saturated heterocycles. The van der Waals surface area contributed by atoms with Crippen LogP contribution in [0.5, 0.6) is 0 Å². The predicted octanol–water partition coefficient (Wildman–Crippen LogP) is 2.81. The number of alkyl halides is 3. The van der Waals surface area contributed by atoms with E-state index in [1.54, 1.807) is 0 Å². The van der Waals surface area contributed by atoms with Crippen molar-refractivity contribution >= 4 is 16.5 Å². The van der Waals surface area contributed by atoms with Crippen LogP contribution in [-0.2, 0) is 17.0 Å². The topological polar surface area (TPSA) is 43.1 Å². The predicted molar refractivity (Wildman–Crippen MR) is 59.9 cm³/mol. The molecule has 2 N–H and O–H groups in total. The largest absolute Gasteiger partial charge is 0.416 e. The summed E-state index contributed by atoms with van der Waals surface area (Å²) in [5, 5.41) is 0. The Labute approximate surface area is 99.5 Å². The molecule has 0 radical (unpaired) electrons. The normalized spacial score (nSPS) is 18.1. The second-order valence-electron chi connectivity index (χ2n) is 4.21. The quantitative estimate of drug-likeness (QED) is 0.852. The molecule has 1 aromatic carbocycles. The van der Waals surface area contributed by atoms with Crippen LogP contribution < -0.4 is 5.73 Å². The Balaban J connectivity index is 2.21. The number of nitrogens with two attached hydrogens (primary N) is 1. The zero-order valence-corrected chi connectivity index (χ0v) is 9.77. The van der Waals surface area contributed by atoms with Gasteiger partial charge in [0.05, 0.1) is 21.3 Å². The highest BCUT2D eigenvalue weighted by atomic mass is 32.2. The van der Waals surface area contributed by atoms with Gasteiger partial charge >= 0.3 is 6.18 Å². The monoisotopic (exact) mass is 263 g/mol. The van der Waals surface area contributed by atoms with E-state index in [-0.39, 0.29) is 5.69 Å². The fraction of sp³-hybridized carbons (Fsp3) is 0.455. The van der Waals surface area contributed by atoms with Gasteiger partial charge in [0.1, 0.15) is 0 Å². The first kappa shape index (κ1) is 12.4. The van der Waals surface area contributed by atoms with Crippen LogP contribution in [0.1, 0.15) is 18.4 Å². The molecule has 2 rings (SSSR count). The lowest BCUT2D eigenvalue weighted by Crippen LogP contribution is -2.08. The zero-order valence-electron chi connectivity index (χ0n) is 8.96. The lowest BCUT2D eigenvalue weighted by atomic mass is 10.2. The molecule has 0 aromatic heterocycles. The van der Waals surface area contributed by atoms with Gasteiger partial charge in [-0.2, -0.15) is 13.2 Å². The van der Waals surface area contributed by atoms with E-state index in [9.17, 15) is 17.4 Å². The maximum absolute atomic E-state index is 12.4. The Hall–Kier alpha value is -1.04. The number of hydrogen-bond donors (Lipinski definition) is 1. The average molecular weight is 263 g/mol. The summed E-state index contributed by atoms with van der Waals surface area (Å²) in [6.07, 6.45) is -2.32. The molecular weight excluding hydrogens is 251 g/mol. The number of anilines is 1. The minimum Gasteiger partial charge on any atom is -0.398 e. The number of halogens is 3. The summed E-state index contributed by atoms with van der Waals surface area (Å²) in [6.45, 7) is 0. The van der Waals surface area contributed by atoms with Crippen molar-refractivity contribution in [2.45, 2.75) is 23.9 Å². The van der Waals surface area contributed by atoms with Crippen LogP contribution in [0.2, 0.25) is 0 Å². The molecule has 1 saturated carbocycles. The minimum atomic E-state index is -4.41. The van der Waals surface area contributed by atoms with Crippen LogP contribution in [-0.4, -0.2) is 9.96 Å². The van der Waals surface area contributed by atoms with E-state index in [1.165, 1.54) is 6.07 Å². The fourth-order valence-corrected chi connectivity index (χ4v) is 3.00. The molecule has 0 aliphatic heterocycles. The number of nitrogen functional groups attached to an aromatic ring is 1. The highest BCUT2D eigenvalue weighted by Crippen LogP contribution is 2.34. The van der Waals surface area contributed by atoms with Crippen LogP contribution in [0.4, 0.5) is 18.9 Å². The molecule has 1 unspecified atom stereocenters. The third kappa shape index (κ3) is 3.00. The van der Waals surface area contributed by atoms with Crippen molar-refractivity contribution in [2.75, 3.05) is 11.5 Å². The van der Waals surface area contributed by atoms with Crippen molar-refractivity contribution in [3.05, 3.63) is 23.8 Å². The second-order valence-corrected chi connectivity index (χ2v) is 5.67. The van der Waals surface area contributed by atoms with Gasteiger partial charge in [-0.25, -0.2) is 0 Å². The van der Waals surface area contributed by atoms with Crippen LogP contribution in [0, 0.1) is 5.92 Å². The van der Waals surface area contributed by atoms with E-state index in [1.807, 2.05) is 0 Å². The molecule has 2 nitrogen and oxygen atoms in total. The molecule has 0 amide bonds. The van der Waals surface area contributed by atoms with Crippen LogP contribution >= 0.6 is 0 Å². The average Bonchev–Trinajstić information content (AvgIpc) is 2.99.